The summed E-state index contributed by atoms with van der Waals surface area (Å²) in [6.45, 7) is 3.59. The van der Waals surface area contributed by atoms with E-state index in [1.807, 2.05) is 76.7 Å². The quantitative estimate of drug-likeness (QED) is 0.494. The summed E-state index contributed by atoms with van der Waals surface area (Å²) in [5, 5.41) is 2.72. The van der Waals surface area contributed by atoms with Crippen molar-refractivity contribution in [2.24, 2.45) is 4.99 Å². The Hall–Kier alpha value is -3.52. The molecule has 0 bridgehead atoms. The number of carbonyl (C=O) groups excluding carboxylic acids is 2. The first-order chi connectivity index (χ1) is 17.6. The Morgan fingerprint density at radius 2 is 1.78 bits per heavy atom. The molecule has 0 unspecified atom stereocenters. The Bertz CT molecular complexity index is 1250. The monoisotopic (exact) mass is 503 g/mol. The number of hydrogen-bond acceptors (Lipinski definition) is 7. The Kier molecular flexibility index (Phi) is 7.13. The third-order valence-electron chi connectivity index (χ3n) is 6.66. The number of thioether (sulfide) groups is 1. The van der Waals surface area contributed by atoms with Crippen LogP contribution < -0.4 is 4.74 Å². The predicted octanol–water partition coefficient (Wildman–Crippen LogP) is 5.03. The Balaban J connectivity index is 1.49. The Morgan fingerprint density at radius 1 is 1.06 bits per heavy atom. The van der Waals surface area contributed by atoms with Crippen LogP contribution in [0.2, 0.25) is 0 Å². The second-order valence-electron chi connectivity index (χ2n) is 8.96. The summed E-state index contributed by atoms with van der Waals surface area (Å²) in [7, 11) is 1.62. The Morgan fingerprint density at radius 3 is 2.53 bits per heavy atom. The molecule has 0 spiro atoms. The molecule has 2 aromatic rings. The molecule has 1 saturated heterocycles. The van der Waals surface area contributed by atoms with E-state index in [0.29, 0.717) is 17.0 Å². The molecule has 36 heavy (non-hydrogen) atoms. The van der Waals surface area contributed by atoms with Crippen molar-refractivity contribution < 1.29 is 19.1 Å². The standard InChI is InChI=1S/C28H29N3O4S/c1-19-25(27(33)35-17-20-10-4-3-5-11-20)26(22-12-6-7-13-23(22)34-2)31-21(18-36-28(31)29-19)16-24(32)30-14-8-9-15-30/h3-7,10-13,18,26H,8-9,14-17H2,1-2H3/t26-/m1/s1. The summed E-state index contributed by atoms with van der Waals surface area (Å²) in [5.74, 6) is 0.322. The average molecular weight is 504 g/mol. The zero-order valence-corrected chi connectivity index (χ0v) is 21.3. The van der Waals surface area contributed by atoms with Gasteiger partial charge in [-0.05, 0) is 36.8 Å². The van der Waals surface area contributed by atoms with Gasteiger partial charge in [-0.15, -0.1) is 0 Å². The number of hydrogen-bond donors (Lipinski definition) is 0. The van der Waals surface area contributed by atoms with Crippen molar-refractivity contribution in [3.8, 4) is 5.75 Å². The molecule has 5 rings (SSSR count). The molecular weight excluding hydrogens is 474 g/mol. The van der Waals surface area contributed by atoms with Gasteiger partial charge in [0.05, 0.1) is 30.8 Å². The fourth-order valence-corrected chi connectivity index (χ4v) is 5.82. The number of esters is 1. The first-order valence-corrected chi connectivity index (χ1v) is 13.0. The number of benzene rings is 2. The van der Waals surface area contributed by atoms with Gasteiger partial charge in [-0.25, -0.2) is 9.79 Å². The van der Waals surface area contributed by atoms with Gasteiger partial charge >= 0.3 is 5.97 Å². The van der Waals surface area contributed by atoms with Crippen molar-refractivity contribution in [3.63, 3.8) is 0 Å². The van der Waals surface area contributed by atoms with Crippen LogP contribution in [0.1, 0.15) is 43.4 Å². The number of allylic oxidation sites excluding steroid dienone is 1. The minimum atomic E-state index is -0.524. The maximum atomic E-state index is 13.6. The molecule has 186 valence electrons. The lowest BCUT2D eigenvalue weighted by atomic mass is 9.93. The van der Waals surface area contributed by atoms with Gasteiger partial charge in [-0.2, -0.15) is 0 Å². The maximum Gasteiger partial charge on any atom is 0.338 e. The zero-order valence-electron chi connectivity index (χ0n) is 20.5. The molecule has 2 aromatic carbocycles. The van der Waals surface area contributed by atoms with E-state index in [-0.39, 0.29) is 18.9 Å². The van der Waals surface area contributed by atoms with Crippen LogP contribution in [0, 0.1) is 0 Å². The van der Waals surface area contributed by atoms with Crippen LogP contribution in [0.25, 0.3) is 0 Å². The molecule has 3 aliphatic heterocycles. The molecular formula is C28H29N3O4S. The summed E-state index contributed by atoms with van der Waals surface area (Å²) >= 11 is 1.47. The second-order valence-corrected chi connectivity index (χ2v) is 9.80. The fraction of sp³-hybridized carbons (Fsp3) is 0.321. The fourth-order valence-electron chi connectivity index (χ4n) is 4.85. The van der Waals surface area contributed by atoms with Gasteiger partial charge in [0.1, 0.15) is 12.4 Å². The minimum Gasteiger partial charge on any atom is -0.496 e. The summed E-state index contributed by atoms with van der Waals surface area (Å²) in [6, 6.07) is 16.7. The summed E-state index contributed by atoms with van der Waals surface area (Å²) in [6.07, 6.45) is 2.33. The molecule has 0 radical (unpaired) electrons. The van der Waals surface area contributed by atoms with E-state index in [1.165, 1.54) is 11.8 Å². The topological polar surface area (TPSA) is 71.4 Å². The van der Waals surface area contributed by atoms with Crippen LogP contribution in [-0.2, 0) is 20.9 Å². The highest BCUT2D eigenvalue weighted by molar-refractivity contribution is 8.16. The number of aliphatic imine (C=N–C) groups is 1. The third-order valence-corrected chi connectivity index (χ3v) is 7.55. The number of carbonyl (C=O) groups is 2. The van der Waals surface area contributed by atoms with Crippen molar-refractivity contribution in [1.82, 2.24) is 9.80 Å². The van der Waals surface area contributed by atoms with Gasteiger partial charge in [-0.1, -0.05) is 60.3 Å². The molecule has 1 fully saturated rings. The van der Waals surface area contributed by atoms with E-state index in [4.69, 9.17) is 14.5 Å². The van der Waals surface area contributed by atoms with Gasteiger partial charge in [0.15, 0.2) is 5.17 Å². The van der Waals surface area contributed by atoms with Crippen LogP contribution in [-0.4, -0.2) is 47.0 Å². The average Bonchev–Trinajstić information content (AvgIpc) is 3.58. The van der Waals surface area contributed by atoms with Crippen LogP contribution in [0.15, 0.2) is 82.0 Å². The smallest absolute Gasteiger partial charge is 0.338 e. The lowest BCUT2D eigenvalue weighted by Crippen LogP contribution is -2.38. The molecule has 0 saturated carbocycles. The van der Waals surface area contributed by atoms with Crippen LogP contribution in [0.5, 0.6) is 5.75 Å². The molecule has 8 heteroatoms. The zero-order chi connectivity index (χ0) is 25.1. The highest BCUT2D eigenvalue weighted by atomic mass is 32.2. The van der Waals surface area contributed by atoms with Gasteiger partial charge in [0.2, 0.25) is 5.91 Å². The maximum absolute atomic E-state index is 13.6. The van der Waals surface area contributed by atoms with Crippen molar-refractivity contribution in [2.75, 3.05) is 20.2 Å². The number of amides is 1. The second kappa shape index (κ2) is 10.6. The van der Waals surface area contributed by atoms with Crippen LogP contribution in [0.4, 0.5) is 0 Å². The summed E-state index contributed by atoms with van der Waals surface area (Å²) in [5.41, 5.74) is 3.60. The number of fused-ring (bicyclic) bond motifs is 1. The number of ether oxygens (including phenoxy) is 2. The van der Waals surface area contributed by atoms with E-state index >= 15 is 0 Å². The van der Waals surface area contributed by atoms with Gasteiger partial charge in [-0.3, -0.25) is 4.79 Å². The van der Waals surface area contributed by atoms with E-state index < -0.39 is 12.0 Å². The predicted molar refractivity (Wildman–Crippen MR) is 140 cm³/mol. The SMILES string of the molecule is COc1ccccc1[C@@H]1C(C(=O)OCc2ccccc2)=C(C)N=C2SC=C(CC(=O)N3CCCC3)N21. The molecule has 0 N–H and O–H groups in total. The lowest BCUT2D eigenvalue weighted by Gasteiger charge is -2.37. The van der Waals surface area contributed by atoms with Gasteiger partial charge in [0.25, 0.3) is 0 Å². The van der Waals surface area contributed by atoms with E-state index in [2.05, 4.69) is 0 Å². The van der Waals surface area contributed by atoms with Crippen LogP contribution in [0.3, 0.4) is 0 Å². The summed E-state index contributed by atoms with van der Waals surface area (Å²) < 4.78 is 11.5. The van der Waals surface area contributed by atoms with E-state index in [1.54, 1.807) is 7.11 Å². The number of methoxy groups -OCH3 is 1. The van der Waals surface area contributed by atoms with Crippen molar-refractivity contribution >= 4 is 28.8 Å². The lowest BCUT2D eigenvalue weighted by molar-refractivity contribution is -0.141. The van der Waals surface area contributed by atoms with Gasteiger partial charge < -0.3 is 19.3 Å². The van der Waals surface area contributed by atoms with Crippen molar-refractivity contribution in [3.05, 3.63) is 88.1 Å². The highest BCUT2D eigenvalue weighted by Crippen LogP contribution is 2.47. The van der Waals surface area contributed by atoms with E-state index in [0.717, 1.165) is 47.9 Å². The van der Waals surface area contributed by atoms with Gasteiger partial charge in [0, 0.05) is 24.4 Å². The number of rotatable bonds is 7. The van der Waals surface area contributed by atoms with Crippen LogP contribution >= 0.6 is 11.8 Å². The van der Waals surface area contributed by atoms with E-state index in [9.17, 15) is 9.59 Å². The highest BCUT2D eigenvalue weighted by Gasteiger charge is 2.42. The minimum absolute atomic E-state index is 0.0962. The number of likely N-dealkylation sites (tertiary alicyclic amines) is 1. The first kappa shape index (κ1) is 24.2. The molecule has 1 atom stereocenters. The number of amidine groups is 1. The molecule has 7 nitrogen and oxygen atoms in total. The normalized spacial score (nSPS) is 19.1. The Labute approximate surface area is 215 Å². The van der Waals surface area contributed by atoms with Crippen molar-refractivity contribution in [1.29, 1.82) is 0 Å². The van der Waals surface area contributed by atoms with Crippen molar-refractivity contribution in [2.45, 2.75) is 38.8 Å². The largest absolute Gasteiger partial charge is 0.496 e. The molecule has 3 aliphatic rings. The number of nitrogens with zero attached hydrogens (tertiary/aromatic N) is 3. The summed E-state index contributed by atoms with van der Waals surface area (Å²) in [4.78, 5) is 35.3. The molecule has 3 heterocycles. The molecule has 1 amide bonds. The first-order valence-electron chi connectivity index (χ1n) is 12.1. The molecule has 0 aliphatic carbocycles. The third kappa shape index (κ3) is 4.78. The molecule has 0 aromatic heterocycles. The number of para-hydroxylation sites is 1.